The number of nitrogens with one attached hydrogen (secondary N) is 1. The van der Waals surface area contributed by atoms with E-state index >= 15 is 0 Å². The van der Waals surface area contributed by atoms with Gasteiger partial charge in [0.1, 0.15) is 11.6 Å². The van der Waals surface area contributed by atoms with Gasteiger partial charge in [0.25, 0.3) is 0 Å². The summed E-state index contributed by atoms with van der Waals surface area (Å²) in [7, 11) is -0.826. The number of nitrogens with zero attached hydrogens (tertiary/aromatic N) is 1. The van der Waals surface area contributed by atoms with E-state index in [1.54, 1.807) is 4.90 Å². The molecule has 1 unspecified atom stereocenters. The second kappa shape index (κ2) is 9.68. The molecule has 0 aliphatic carbocycles. The number of methoxy groups -OCH3 is 1. The molecule has 1 aliphatic rings. The van der Waals surface area contributed by atoms with Crippen LogP contribution in [0.4, 0.5) is 4.79 Å². The van der Waals surface area contributed by atoms with Crippen molar-refractivity contribution in [3.8, 4) is 0 Å². The highest BCUT2D eigenvalue weighted by atomic mass is 28.4. The Hall–Kier alpha value is -1.61. The molecule has 30 heavy (non-hydrogen) atoms. The maximum absolute atomic E-state index is 12.5. The van der Waals surface area contributed by atoms with Crippen molar-refractivity contribution in [2.45, 2.75) is 103 Å². The van der Waals surface area contributed by atoms with Crippen LogP contribution in [0.1, 0.15) is 61.3 Å². The molecule has 9 heteroatoms. The zero-order chi connectivity index (χ0) is 23.5. The fraction of sp³-hybridized carbons (Fsp3) is 0.857. The number of carbonyl (C=O) groups is 3. The van der Waals surface area contributed by atoms with Crippen LogP contribution >= 0.6 is 0 Å². The predicted octanol–water partition coefficient (Wildman–Crippen LogP) is 3.45. The SMILES string of the molecule is COC(=O)[C@H](CCC(O[Si](C)(C)C(C)(C)C)[C@H]1CN1C(=O)OC(C)(C)C)NC(C)=O. The van der Waals surface area contributed by atoms with Crippen LogP contribution in [-0.4, -0.2) is 68.6 Å². The monoisotopic (exact) mass is 444 g/mol. The van der Waals surface area contributed by atoms with Crippen LogP contribution in [0.3, 0.4) is 0 Å². The van der Waals surface area contributed by atoms with Crippen LogP contribution in [0.25, 0.3) is 0 Å². The van der Waals surface area contributed by atoms with E-state index in [4.69, 9.17) is 13.9 Å². The molecule has 1 heterocycles. The number of ether oxygens (including phenoxy) is 2. The van der Waals surface area contributed by atoms with E-state index in [9.17, 15) is 14.4 Å². The van der Waals surface area contributed by atoms with Gasteiger partial charge in [-0.05, 0) is 51.7 Å². The van der Waals surface area contributed by atoms with Crippen molar-refractivity contribution in [3.63, 3.8) is 0 Å². The summed E-state index contributed by atoms with van der Waals surface area (Å²) in [6.45, 7) is 18.2. The second-order valence-corrected chi connectivity index (χ2v) is 15.2. The first-order chi connectivity index (χ1) is 13.5. The van der Waals surface area contributed by atoms with E-state index < -0.39 is 25.9 Å². The van der Waals surface area contributed by atoms with Gasteiger partial charge in [-0.2, -0.15) is 0 Å². The third-order valence-corrected chi connectivity index (χ3v) is 10.1. The minimum absolute atomic E-state index is 0.00370. The number of carbonyl (C=O) groups excluding carboxylic acids is 3. The molecule has 0 bridgehead atoms. The van der Waals surface area contributed by atoms with Crippen LogP contribution in [-0.2, 0) is 23.5 Å². The molecular formula is C21H40N2O6Si. The van der Waals surface area contributed by atoms with E-state index in [-0.39, 0.29) is 29.2 Å². The van der Waals surface area contributed by atoms with Crippen molar-refractivity contribution in [2.24, 2.45) is 0 Å². The van der Waals surface area contributed by atoms with Crippen molar-refractivity contribution in [2.75, 3.05) is 13.7 Å². The molecule has 0 aromatic heterocycles. The Labute approximate surface area is 182 Å². The van der Waals surface area contributed by atoms with Gasteiger partial charge in [0.15, 0.2) is 8.32 Å². The minimum Gasteiger partial charge on any atom is -0.467 e. The molecule has 174 valence electrons. The van der Waals surface area contributed by atoms with Crippen molar-refractivity contribution < 1.29 is 28.3 Å². The first kappa shape index (κ1) is 26.4. The van der Waals surface area contributed by atoms with Crippen molar-refractivity contribution in [3.05, 3.63) is 0 Å². The predicted molar refractivity (Wildman–Crippen MR) is 118 cm³/mol. The average molecular weight is 445 g/mol. The topological polar surface area (TPSA) is 93.9 Å². The summed E-state index contributed by atoms with van der Waals surface area (Å²) < 4.78 is 16.9. The number of hydrogen-bond donors (Lipinski definition) is 1. The molecule has 1 N–H and O–H groups in total. The van der Waals surface area contributed by atoms with E-state index in [1.165, 1.54) is 14.0 Å². The lowest BCUT2D eigenvalue weighted by Gasteiger charge is -2.39. The second-order valence-electron chi connectivity index (χ2n) is 10.5. The summed E-state index contributed by atoms with van der Waals surface area (Å²) in [5.74, 6) is -0.787. The third kappa shape index (κ3) is 7.90. The van der Waals surface area contributed by atoms with Gasteiger partial charge >= 0.3 is 12.1 Å². The molecule has 0 aromatic carbocycles. The summed E-state index contributed by atoms with van der Waals surface area (Å²) in [4.78, 5) is 37.7. The Kier molecular flexibility index (Phi) is 8.52. The molecule has 3 atom stereocenters. The highest BCUT2D eigenvalue weighted by molar-refractivity contribution is 6.74. The Morgan fingerprint density at radius 3 is 2.10 bits per heavy atom. The van der Waals surface area contributed by atoms with Gasteiger partial charge in [0.2, 0.25) is 5.91 Å². The highest BCUT2D eigenvalue weighted by Crippen LogP contribution is 2.40. The average Bonchev–Trinajstić information content (AvgIpc) is 3.34. The molecular weight excluding hydrogens is 404 g/mol. The lowest BCUT2D eigenvalue weighted by atomic mass is 10.1. The molecule has 1 fully saturated rings. The van der Waals surface area contributed by atoms with Crippen LogP contribution in [0.15, 0.2) is 0 Å². The standard InChI is InChI=1S/C21H40N2O6Si/c1-14(24)22-15(18(25)27-8)11-12-17(29-30(9,10)21(5,6)7)16-13-23(16)19(26)28-20(2,3)4/h15-17H,11-13H2,1-10H3,(H,22,24)/t15-,16+,17?,23?/m0/s1. The Morgan fingerprint density at radius 1 is 1.10 bits per heavy atom. The van der Waals surface area contributed by atoms with Gasteiger partial charge in [-0.15, -0.1) is 0 Å². The lowest BCUT2D eigenvalue weighted by molar-refractivity contribution is -0.145. The molecule has 2 amide bonds. The first-order valence-electron chi connectivity index (χ1n) is 10.5. The summed E-state index contributed by atoms with van der Waals surface area (Å²) >= 11 is 0. The van der Waals surface area contributed by atoms with Gasteiger partial charge in [0, 0.05) is 13.5 Å². The van der Waals surface area contributed by atoms with Crippen molar-refractivity contribution in [1.29, 1.82) is 0 Å². The van der Waals surface area contributed by atoms with Crippen molar-refractivity contribution in [1.82, 2.24) is 10.2 Å². The molecule has 0 aromatic rings. The highest BCUT2D eigenvalue weighted by Gasteiger charge is 2.50. The van der Waals surface area contributed by atoms with E-state index in [0.717, 1.165) is 0 Å². The van der Waals surface area contributed by atoms with E-state index in [0.29, 0.717) is 19.4 Å². The largest absolute Gasteiger partial charge is 0.467 e. The summed E-state index contributed by atoms with van der Waals surface area (Å²) in [5, 5.41) is 2.64. The molecule has 1 saturated heterocycles. The van der Waals surface area contributed by atoms with Crippen molar-refractivity contribution >= 4 is 26.3 Å². The zero-order valence-corrected chi connectivity index (χ0v) is 21.3. The quantitative estimate of drug-likeness (QED) is 0.350. The molecule has 8 nitrogen and oxygen atoms in total. The van der Waals surface area contributed by atoms with Gasteiger partial charge in [-0.1, -0.05) is 20.8 Å². The fourth-order valence-corrected chi connectivity index (χ4v) is 4.24. The maximum atomic E-state index is 12.5. The van der Waals surface area contributed by atoms with Crippen LogP contribution < -0.4 is 5.32 Å². The van der Waals surface area contributed by atoms with Crippen LogP contribution in [0.5, 0.6) is 0 Å². The molecule has 0 spiro atoms. The summed E-state index contributed by atoms with van der Waals surface area (Å²) in [6.07, 6.45) is 0.266. The van der Waals surface area contributed by atoms with Gasteiger partial charge in [0.05, 0.1) is 19.3 Å². The van der Waals surface area contributed by atoms with Crippen LogP contribution in [0, 0.1) is 0 Å². The minimum atomic E-state index is -2.12. The van der Waals surface area contributed by atoms with Gasteiger partial charge in [-0.25, -0.2) is 9.59 Å². The summed E-state index contributed by atoms with van der Waals surface area (Å²) in [5.41, 5.74) is -0.568. The maximum Gasteiger partial charge on any atom is 0.410 e. The van der Waals surface area contributed by atoms with Crippen LogP contribution in [0.2, 0.25) is 18.1 Å². The number of hydrogen-bond acceptors (Lipinski definition) is 6. The smallest absolute Gasteiger partial charge is 0.410 e. The van der Waals surface area contributed by atoms with E-state index in [2.05, 4.69) is 39.2 Å². The van der Waals surface area contributed by atoms with Gasteiger partial charge < -0.3 is 19.2 Å². The molecule has 1 aliphatic heterocycles. The first-order valence-corrected chi connectivity index (χ1v) is 13.4. The number of esters is 1. The Balaban J connectivity index is 2.95. The number of rotatable bonds is 8. The Bertz CT molecular complexity index is 638. The molecule has 0 saturated carbocycles. The lowest BCUT2D eigenvalue weighted by Crippen LogP contribution is -2.47. The zero-order valence-electron chi connectivity index (χ0n) is 20.3. The van der Waals surface area contributed by atoms with Gasteiger partial charge in [-0.3, -0.25) is 9.69 Å². The molecule has 1 rings (SSSR count). The fourth-order valence-electron chi connectivity index (χ4n) is 2.86. The Morgan fingerprint density at radius 2 is 1.67 bits per heavy atom. The summed E-state index contributed by atoms with van der Waals surface area (Å²) in [6, 6.07) is -0.851. The van der Waals surface area contributed by atoms with E-state index in [1.807, 2.05) is 20.8 Å². The third-order valence-electron chi connectivity index (χ3n) is 5.56. The number of amides is 2. The normalized spacial score (nSPS) is 19.0. The molecule has 0 radical (unpaired) electrons.